The van der Waals surface area contributed by atoms with Gasteiger partial charge in [0.25, 0.3) is 0 Å². The number of nitrogens with one attached hydrogen (secondary N) is 1. The highest BCUT2D eigenvalue weighted by atomic mass is 16.7. The monoisotopic (exact) mass is 520 g/mol. The second-order valence-electron chi connectivity index (χ2n) is 11.0. The Labute approximate surface area is 221 Å². The molecule has 1 spiro atoms. The zero-order valence-corrected chi connectivity index (χ0v) is 23.2. The van der Waals surface area contributed by atoms with E-state index in [1.54, 1.807) is 20.0 Å². The predicted molar refractivity (Wildman–Crippen MR) is 140 cm³/mol. The number of epoxide rings is 1. The first-order valence-corrected chi connectivity index (χ1v) is 13.3. The molecule has 0 bridgehead atoms. The summed E-state index contributed by atoms with van der Waals surface area (Å²) in [7, 11) is 1.69. The van der Waals surface area contributed by atoms with Gasteiger partial charge in [0.15, 0.2) is 6.29 Å². The molecule has 208 valence electrons. The summed E-state index contributed by atoms with van der Waals surface area (Å²) in [5.74, 6) is -0.284. The molecule has 0 aliphatic carbocycles. The molecule has 37 heavy (non-hydrogen) atoms. The first-order valence-electron chi connectivity index (χ1n) is 13.3. The number of carbonyl (C=O) groups excluding carboxylic acids is 2. The number of rotatable bonds is 10. The zero-order valence-electron chi connectivity index (χ0n) is 23.2. The van der Waals surface area contributed by atoms with Crippen molar-refractivity contribution in [1.29, 1.82) is 0 Å². The lowest BCUT2D eigenvalue weighted by atomic mass is 9.85. The summed E-state index contributed by atoms with van der Waals surface area (Å²) in [5, 5.41) is 2.85. The van der Waals surface area contributed by atoms with Crippen LogP contribution in [0.25, 0.3) is 0 Å². The van der Waals surface area contributed by atoms with Crippen molar-refractivity contribution in [2.75, 3.05) is 33.4 Å². The molecule has 3 aliphatic rings. The van der Waals surface area contributed by atoms with E-state index in [0.717, 1.165) is 31.4 Å². The van der Waals surface area contributed by atoms with E-state index in [4.69, 9.17) is 23.7 Å². The van der Waals surface area contributed by atoms with Crippen molar-refractivity contribution in [3.05, 3.63) is 36.0 Å². The van der Waals surface area contributed by atoms with Crippen molar-refractivity contribution in [3.63, 3.8) is 0 Å². The van der Waals surface area contributed by atoms with Gasteiger partial charge in [-0.1, -0.05) is 30.7 Å². The SMILES string of the molecule is CCCN(C)C(=O)O[C@@H](C)/C=C\C(=O)N[C@H]1CO[C@@H](C/C=C(C)/C=C/[C@@H]2C[C@]3(CO3)CC(C)(C)O2)OC1. The molecule has 3 atom stereocenters. The lowest BCUT2D eigenvalue weighted by molar-refractivity contribution is -0.187. The standard InChI is InChI=1S/C28H44N2O7/c1-7-14-30(6)26(32)36-21(3)10-12-24(31)29-22-16-33-25(34-17-22)13-9-20(2)8-11-23-15-28(19-35-28)18-27(4,5)37-23/h8-12,21-23,25H,7,13-19H2,1-6H3,(H,29,31)/b11-8+,12-10-,20-9+/t21-,22-,23+,25+,28+/m0/s1. The van der Waals surface area contributed by atoms with Gasteiger partial charge in [0.1, 0.15) is 6.10 Å². The van der Waals surface area contributed by atoms with Gasteiger partial charge in [-0.25, -0.2) is 4.79 Å². The molecular formula is C28H44N2O7. The molecule has 3 rings (SSSR count). The number of hydrogen-bond donors (Lipinski definition) is 1. The summed E-state index contributed by atoms with van der Waals surface area (Å²) in [6.07, 6.45) is 11.3. The Kier molecular flexibility index (Phi) is 10.3. The number of hydrogen-bond acceptors (Lipinski definition) is 7. The van der Waals surface area contributed by atoms with Crippen LogP contribution in [0.3, 0.4) is 0 Å². The molecule has 0 radical (unpaired) electrons. The molecule has 0 aromatic heterocycles. The molecule has 2 amide bonds. The fourth-order valence-corrected chi connectivity index (χ4v) is 4.70. The molecule has 0 aromatic rings. The summed E-state index contributed by atoms with van der Waals surface area (Å²) in [6, 6.07) is -0.240. The summed E-state index contributed by atoms with van der Waals surface area (Å²) in [6.45, 7) is 12.2. The second-order valence-corrected chi connectivity index (χ2v) is 11.0. The minimum Gasteiger partial charge on any atom is -0.442 e. The van der Waals surface area contributed by atoms with Crippen LogP contribution in [0.4, 0.5) is 4.79 Å². The summed E-state index contributed by atoms with van der Waals surface area (Å²) >= 11 is 0. The van der Waals surface area contributed by atoms with Gasteiger partial charge in [-0.05, 0) is 40.2 Å². The quantitative estimate of drug-likeness (QED) is 0.265. The van der Waals surface area contributed by atoms with Gasteiger partial charge in [-0.3, -0.25) is 4.79 Å². The van der Waals surface area contributed by atoms with Crippen LogP contribution in [0.5, 0.6) is 0 Å². The van der Waals surface area contributed by atoms with Crippen LogP contribution in [0.15, 0.2) is 36.0 Å². The summed E-state index contributed by atoms with van der Waals surface area (Å²) in [4.78, 5) is 25.6. The maximum absolute atomic E-state index is 12.2. The molecule has 9 nitrogen and oxygen atoms in total. The first kappa shape index (κ1) is 29.4. The van der Waals surface area contributed by atoms with Gasteiger partial charge in [-0.2, -0.15) is 0 Å². The van der Waals surface area contributed by atoms with E-state index in [1.165, 1.54) is 11.0 Å². The molecule has 3 aliphatic heterocycles. The smallest absolute Gasteiger partial charge is 0.410 e. The summed E-state index contributed by atoms with van der Waals surface area (Å²) in [5.41, 5.74) is 0.945. The van der Waals surface area contributed by atoms with Crippen molar-refractivity contribution in [1.82, 2.24) is 10.2 Å². The molecule has 9 heteroatoms. The second kappa shape index (κ2) is 13.0. The van der Waals surface area contributed by atoms with Crippen LogP contribution >= 0.6 is 0 Å². The average Bonchev–Trinajstić information content (AvgIpc) is 3.57. The Bertz CT molecular complexity index is 864. The molecule has 3 heterocycles. The lowest BCUT2D eigenvalue weighted by Crippen LogP contribution is -2.46. The van der Waals surface area contributed by atoms with E-state index < -0.39 is 12.2 Å². The average molecular weight is 521 g/mol. The molecule has 0 aromatic carbocycles. The summed E-state index contributed by atoms with van der Waals surface area (Å²) < 4.78 is 28.8. The highest BCUT2D eigenvalue weighted by Crippen LogP contribution is 2.46. The van der Waals surface area contributed by atoms with Crippen molar-refractivity contribution in [3.8, 4) is 0 Å². The maximum atomic E-state index is 12.2. The van der Waals surface area contributed by atoms with Crippen molar-refractivity contribution >= 4 is 12.0 Å². The number of ether oxygens (including phenoxy) is 5. The van der Waals surface area contributed by atoms with Crippen LogP contribution in [0, 0.1) is 0 Å². The number of carbonyl (C=O) groups is 2. The normalized spacial score (nSPS) is 30.4. The third kappa shape index (κ3) is 9.89. The van der Waals surface area contributed by atoms with E-state index in [-0.39, 0.29) is 35.5 Å². The van der Waals surface area contributed by atoms with Crippen LogP contribution in [-0.2, 0) is 28.5 Å². The Hall–Kier alpha value is -2.20. The minimum absolute atomic E-state index is 0.0102. The van der Waals surface area contributed by atoms with E-state index in [0.29, 0.717) is 26.2 Å². The van der Waals surface area contributed by atoms with E-state index in [1.807, 2.05) is 13.8 Å². The van der Waals surface area contributed by atoms with Crippen LogP contribution in [-0.4, -0.2) is 86.1 Å². The maximum Gasteiger partial charge on any atom is 0.410 e. The van der Waals surface area contributed by atoms with E-state index in [2.05, 4.69) is 37.4 Å². The molecule has 3 saturated heterocycles. The van der Waals surface area contributed by atoms with Gasteiger partial charge >= 0.3 is 6.09 Å². The fraction of sp³-hybridized carbons (Fsp3) is 0.714. The highest BCUT2D eigenvalue weighted by molar-refractivity contribution is 5.87. The largest absolute Gasteiger partial charge is 0.442 e. The zero-order chi connectivity index (χ0) is 27.1. The third-order valence-electron chi connectivity index (χ3n) is 6.54. The third-order valence-corrected chi connectivity index (χ3v) is 6.54. The van der Waals surface area contributed by atoms with Crippen molar-refractivity contribution < 1.29 is 33.3 Å². The molecule has 3 fully saturated rings. The Morgan fingerprint density at radius 3 is 2.57 bits per heavy atom. The minimum atomic E-state index is -0.510. The van der Waals surface area contributed by atoms with E-state index >= 15 is 0 Å². The predicted octanol–water partition coefficient (Wildman–Crippen LogP) is 3.89. The van der Waals surface area contributed by atoms with Gasteiger partial charge in [0.2, 0.25) is 5.91 Å². The number of amides is 2. The molecule has 0 unspecified atom stereocenters. The van der Waals surface area contributed by atoms with Crippen molar-refractivity contribution in [2.24, 2.45) is 0 Å². The van der Waals surface area contributed by atoms with Crippen LogP contribution in [0.2, 0.25) is 0 Å². The Morgan fingerprint density at radius 2 is 1.92 bits per heavy atom. The number of allylic oxidation sites excluding steroid dienone is 2. The molecular weight excluding hydrogens is 476 g/mol. The molecule has 1 N–H and O–H groups in total. The van der Waals surface area contributed by atoms with Gasteiger partial charge in [-0.15, -0.1) is 0 Å². The Morgan fingerprint density at radius 1 is 1.22 bits per heavy atom. The lowest BCUT2D eigenvalue weighted by Gasteiger charge is -2.38. The van der Waals surface area contributed by atoms with Crippen molar-refractivity contribution in [2.45, 2.75) is 96.0 Å². The first-order chi connectivity index (χ1) is 17.5. The van der Waals surface area contributed by atoms with Crippen LogP contribution in [0.1, 0.15) is 60.3 Å². The Balaban J connectivity index is 1.34. The highest BCUT2D eigenvalue weighted by Gasteiger charge is 2.53. The van der Waals surface area contributed by atoms with Gasteiger partial charge in [0.05, 0.1) is 43.2 Å². The van der Waals surface area contributed by atoms with E-state index in [9.17, 15) is 9.59 Å². The fourth-order valence-electron chi connectivity index (χ4n) is 4.70. The van der Waals surface area contributed by atoms with Gasteiger partial charge < -0.3 is 33.9 Å². The molecule has 0 saturated carbocycles. The topological polar surface area (TPSA) is 98.9 Å². The number of nitrogens with zero attached hydrogens (tertiary/aromatic N) is 1. The van der Waals surface area contributed by atoms with Crippen LogP contribution < -0.4 is 5.32 Å². The van der Waals surface area contributed by atoms with Gasteiger partial charge in [0, 0.05) is 38.9 Å².